The minimum Gasteiger partial charge on any atom is -0.294 e. The molecule has 0 aliphatic rings. The molecule has 84 valence electrons. The third-order valence-electron chi connectivity index (χ3n) is 2.27. The Hall–Kier alpha value is -1.59. The molecule has 16 heavy (non-hydrogen) atoms. The second-order valence-electron chi connectivity index (χ2n) is 3.23. The summed E-state index contributed by atoms with van der Waals surface area (Å²) in [5.41, 5.74) is 1.17. The molecule has 0 aromatic carbocycles. The molecule has 6 heteroatoms. The van der Waals surface area contributed by atoms with Crippen LogP contribution in [-0.4, -0.2) is 34.5 Å². The third-order valence-corrected chi connectivity index (χ3v) is 2.48. The number of carbonyl (C=O) groups is 1. The third kappa shape index (κ3) is 1.75. The van der Waals surface area contributed by atoms with Crippen LogP contribution in [0, 0.1) is 0 Å². The van der Waals surface area contributed by atoms with Crippen molar-refractivity contribution in [3.05, 3.63) is 35.4 Å². The van der Waals surface area contributed by atoms with Gasteiger partial charge in [0.05, 0.1) is 25.2 Å². The largest absolute Gasteiger partial charge is 0.294 e. The standard InChI is InChI=1S/C10H10ClN3O2/c1-13(16-2)10(15)9-4-7(11)3-8-5-12-6-14(8)9/h3-6H,1-2H3. The summed E-state index contributed by atoms with van der Waals surface area (Å²) >= 11 is 5.92. The van der Waals surface area contributed by atoms with Gasteiger partial charge in [-0.15, -0.1) is 0 Å². The number of pyridine rings is 1. The highest BCUT2D eigenvalue weighted by Crippen LogP contribution is 2.17. The average molecular weight is 240 g/mol. The van der Waals surface area contributed by atoms with Gasteiger partial charge in [-0.3, -0.25) is 14.0 Å². The average Bonchev–Trinajstić information content (AvgIpc) is 2.73. The Morgan fingerprint density at radius 1 is 1.56 bits per heavy atom. The van der Waals surface area contributed by atoms with Crippen molar-refractivity contribution < 1.29 is 9.63 Å². The predicted octanol–water partition coefficient (Wildman–Crippen LogP) is 1.62. The Morgan fingerprint density at radius 2 is 2.31 bits per heavy atom. The molecule has 0 unspecified atom stereocenters. The van der Waals surface area contributed by atoms with Crippen LogP contribution in [0.1, 0.15) is 10.5 Å². The minimum atomic E-state index is -0.284. The first-order valence-electron chi connectivity index (χ1n) is 4.57. The van der Waals surface area contributed by atoms with Gasteiger partial charge in [-0.1, -0.05) is 11.6 Å². The molecule has 0 atom stereocenters. The molecular weight excluding hydrogens is 230 g/mol. The fraction of sp³-hybridized carbons (Fsp3) is 0.200. The first-order chi connectivity index (χ1) is 7.63. The van der Waals surface area contributed by atoms with Gasteiger partial charge in [0.15, 0.2) is 0 Å². The van der Waals surface area contributed by atoms with E-state index in [1.54, 1.807) is 29.1 Å². The van der Waals surface area contributed by atoms with Gasteiger partial charge in [0.2, 0.25) is 0 Å². The van der Waals surface area contributed by atoms with Crippen LogP contribution in [0.4, 0.5) is 0 Å². The molecule has 2 aromatic heterocycles. The van der Waals surface area contributed by atoms with Gasteiger partial charge in [0.25, 0.3) is 5.91 Å². The summed E-state index contributed by atoms with van der Waals surface area (Å²) < 4.78 is 1.66. The highest BCUT2D eigenvalue weighted by Gasteiger charge is 2.15. The molecule has 0 saturated heterocycles. The summed E-state index contributed by atoms with van der Waals surface area (Å²) in [6.45, 7) is 0. The molecule has 0 fully saturated rings. The molecule has 0 aliphatic carbocycles. The van der Waals surface area contributed by atoms with Crippen LogP contribution in [-0.2, 0) is 4.84 Å². The number of hydrogen-bond donors (Lipinski definition) is 0. The summed E-state index contributed by atoms with van der Waals surface area (Å²) in [6, 6.07) is 3.31. The van der Waals surface area contributed by atoms with E-state index in [1.807, 2.05) is 0 Å². The zero-order valence-electron chi connectivity index (χ0n) is 8.85. The zero-order chi connectivity index (χ0) is 11.7. The number of carbonyl (C=O) groups excluding carboxylic acids is 1. The van der Waals surface area contributed by atoms with E-state index in [0.29, 0.717) is 10.7 Å². The van der Waals surface area contributed by atoms with Crippen molar-refractivity contribution in [1.82, 2.24) is 14.4 Å². The minimum absolute atomic E-state index is 0.284. The topological polar surface area (TPSA) is 46.8 Å². The number of hydroxylamine groups is 2. The van der Waals surface area contributed by atoms with E-state index in [-0.39, 0.29) is 5.91 Å². The van der Waals surface area contributed by atoms with Gasteiger partial charge < -0.3 is 0 Å². The molecule has 0 N–H and O–H groups in total. The monoisotopic (exact) mass is 239 g/mol. The Bertz CT molecular complexity index is 538. The summed E-state index contributed by atoms with van der Waals surface area (Å²) in [5, 5.41) is 1.62. The van der Waals surface area contributed by atoms with E-state index >= 15 is 0 Å². The summed E-state index contributed by atoms with van der Waals surface area (Å²) in [4.78, 5) is 20.7. The Balaban J connectivity index is 2.58. The molecule has 0 saturated carbocycles. The second-order valence-corrected chi connectivity index (χ2v) is 3.67. The fourth-order valence-corrected chi connectivity index (χ4v) is 1.62. The summed E-state index contributed by atoms with van der Waals surface area (Å²) in [6.07, 6.45) is 3.19. The highest BCUT2D eigenvalue weighted by atomic mass is 35.5. The van der Waals surface area contributed by atoms with Crippen LogP contribution in [0.5, 0.6) is 0 Å². The number of rotatable bonds is 2. The van der Waals surface area contributed by atoms with Crippen molar-refractivity contribution in [3.8, 4) is 0 Å². The molecule has 0 radical (unpaired) electrons. The van der Waals surface area contributed by atoms with Crippen LogP contribution in [0.2, 0.25) is 5.02 Å². The lowest BCUT2D eigenvalue weighted by atomic mass is 10.3. The number of hydrogen-bond acceptors (Lipinski definition) is 3. The molecule has 2 aromatic rings. The molecule has 1 amide bonds. The van der Waals surface area contributed by atoms with E-state index < -0.39 is 0 Å². The van der Waals surface area contributed by atoms with Gasteiger partial charge in [-0.25, -0.2) is 10.0 Å². The number of imidazole rings is 1. The number of aromatic nitrogens is 2. The Morgan fingerprint density at radius 3 is 3.00 bits per heavy atom. The molecule has 2 rings (SSSR count). The van der Waals surface area contributed by atoms with E-state index in [4.69, 9.17) is 16.4 Å². The predicted molar refractivity (Wildman–Crippen MR) is 59.3 cm³/mol. The lowest BCUT2D eigenvalue weighted by Crippen LogP contribution is -2.27. The molecular formula is C10H10ClN3O2. The number of halogens is 1. The maximum absolute atomic E-state index is 11.9. The number of amides is 1. The van der Waals surface area contributed by atoms with Crippen LogP contribution in [0.15, 0.2) is 24.7 Å². The smallest absolute Gasteiger partial charge is 0.294 e. The second kappa shape index (κ2) is 4.11. The van der Waals surface area contributed by atoms with Gasteiger partial charge in [-0.2, -0.15) is 0 Å². The van der Waals surface area contributed by atoms with Crippen LogP contribution in [0.3, 0.4) is 0 Å². The van der Waals surface area contributed by atoms with Crippen molar-refractivity contribution in [2.75, 3.05) is 14.2 Å². The van der Waals surface area contributed by atoms with Crippen molar-refractivity contribution in [1.29, 1.82) is 0 Å². The normalized spacial score (nSPS) is 10.7. The van der Waals surface area contributed by atoms with Gasteiger partial charge in [0.1, 0.15) is 5.69 Å². The quantitative estimate of drug-likeness (QED) is 0.749. The first kappa shape index (κ1) is 10.9. The molecule has 5 nitrogen and oxygen atoms in total. The molecule has 0 bridgehead atoms. The van der Waals surface area contributed by atoms with E-state index in [1.165, 1.54) is 14.2 Å². The number of nitrogens with zero attached hydrogens (tertiary/aromatic N) is 3. The van der Waals surface area contributed by atoms with Crippen LogP contribution >= 0.6 is 11.6 Å². The van der Waals surface area contributed by atoms with E-state index in [9.17, 15) is 4.79 Å². The lowest BCUT2D eigenvalue weighted by Gasteiger charge is -2.14. The first-order valence-corrected chi connectivity index (χ1v) is 4.95. The van der Waals surface area contributed by atoms with Crippen molar-refractivity contribution in [3.63, 3.8) is 0 Å². The van der Waals surface area contributed by atoms with Crippen LogP contribution in [0.25, 0.3) is 5.52 Å². The SMILES string of the molecule is CON(C)C(=O)c1cc(Cl)cc2cncn12. The number of fused-ring (bicyclic) bond motifs is 1. The van der Waals surface area contributed by atoms with E-state index in [2.05, 4.69) is 4.98 Å². The molecule has 0 aliphatic heterocycles. The van der Waals surface area contributed by atoms with Gasteiger partial charge >= 0.3 is 0 Å². The summed E-state index contributed by atoms with van der Waals surface area (Å²) in [5.74, 6) is -0.284. The van der Waals surface area contributed by atoms with Crippen molar-refractivity contribution in [2.24, 2.45) is 0 Å². The maximum Gasteiger partial charge on any atom is 0.294 e. The van der Waals surface area contributed by atoms with E-state index in [0.717, 1.165) is 10.6 Å². The molecule has 2 heterocycles. The van der Waals surface area contributed by atoms with Crippen LogP contribution < -0.4 is 0 Å². The van der Waals surface area contributed by atoms with Gasteiger partial charge in [0, 0.05) is 12.1 Å². The van der Waals surface area contributed by atoms with Crippen molar-refractivity contribution >= 4 is 23.0 Å². The Kier molecular flexibility index (Phi) is 2.80. The lowest BCUT2D eigenvalue weighted by molar-refractivity contribution is -0.0761. The fourth-order valence-electron chi connectivity index (χ4n) is 1.41. The Labute approximate surface area is 97.2 Å². The summed E-state index contributed by atoms with van der Waals surface area (Å²) in [7, 11) is 2.96. The maximum atomic E-state index is 11.9. The highest BCUT2D eigenvalue weighted by molar-refractivity contribution is 6.31. The zero-order valence-corrected chi connectivity index (χ0v) is 9.60. The van der Waals surface area contributed by atoms with Gasteiger partial charge in [-0.05, 0) is 12.1 Å². The van der Waals surface area contributed by atoms with Crippen molar-refractivity contribution in [2.45, 2.75) is 0 Å². The molecule has 0 spiro atoms.